The van der Waals surface area contributed by atoms with Gasteiger partial charge in [0.05, 0.1) is 6.20 Å². The summed E-state index contributed by atoms with van der Waals surface area (Å²) in [6.07, 6.45) is 3.07. The Labute approximate surface area is 126 Å². The van der Waals surface area contributed by atoms with E-state index >= 15 is 0 Å². The van der Waals surface area contributed by atoms with Crippen molar-refractivity contribution in [2.45, 2.75) is 39.4 Å². The molecule has 0 bridgehead atoms. The van der Waals surface area contributed by atoms with Crippen molar-refractivity contribution in [3.05, 3.63) is 52.8 Å². The predicted molar refractivity (Wildman–Crippen MR) is 85.0 cm³/mol. The van der Waals surface area contributed by atoms with Crippen molar-refractivity contribution in [2.75, 3.05) is 13.1 Å². The molecule has 0 saturated carbocycles. The molecule has 0 spiro atoms. The van der Waals surface area contributed by atoms with Crippen molar-refractivity contribution >= 4 is 0 Å². The summed E-state index contributed by atoms with van der Waals surface area (Å²) < 4.78 is 0. The lowest BCUT2D eigenvalue weighted by Gasteiger charge is -2.33. The molecule has 0 saturated heterocycles. The molecule has 4 heteroatoms. The van der Waals surface area contributed by atoms with E-state index in [1.807, 2.05) is 6.20 Å². The van der Waals surface area contributed by atoms with Gasteiger partial charge >= 0.3 is 0 Å². The second-order valence-corrected chi connectivity index (χ2v) is 5.99. The minimum absolute atomic E-state index is 0.547. The van der Waals surface area contributed by atoms with E-state index in [1.165, 1.54) is 23.1 Å². The van der Waals surface area contributed by atoms with Gasteiger partial charge in [-0.3, -0.25) is 10.00 Å². The summed E-state index contributed by atoms with van der Waals surface area (Å²) in [5, 5.41) is 10.6. The monoisotopic (exact) mass is 284 g/mol. The van der Waals surface area contributed by atoms with Crippen LogP contribution in [0.2, 0.25) is 0 Å². The number of aryl methyl sites for hydroxylation is 1. The maximum atomic E-state index is 4.06. The van der Waals surface area contributed by atoms with Crippen LogP contribution in [0.5, 0.6) is 0 Å². The van der Waals surface area contributed by atoms with Crippen LogP contribution in [-0.4, -0.2) is 34.2 Å². The molecule has 0 amide bonds. The van der Waals surface area contributed by atoms with Gasteiger partial charge in [-0.25, -0.2) is 0 Å². The second kappa shape index (κ2) is 6.41. The quantitative estimate of drug-likeness (QED) is 0.885. The Morgan fingerprint density at radius 2 is 2.14 bits per heavy atom. The van der Waals surface area contributed by atoms with E-state index in [-0.39, 0.29) is 0 Å². The van der Waals surface area contributed by atoms with Crippen LogP contribution < -0.4 is 5.32 Å². The Hall–Kier alpha value is -1.65. The molecule has 1 aromatic heterocycles. The molecular formula is C17H24N4. The molecule has 2 N–H and O–H groups in total. The van der Waals surface area contributed by atoms with Gasteiger partial charge in [-0.05, 0) is 31.4 Å². The van der Waals surface area contributed by atoms with Gasteiger partial charge in [0.25, 0.3) is 0 Å². The molecule has 1 atom stereocenters. The molecule has 0 fully saturated rings. The number of rotatable bonds is 5. The Morgan fingerprint density at radius 3 is 2.90 bits per heavy atom. The molecular weight excluding hydrogens is 260 g/mol. The summed E-state index contributed by atoms with van der Waals surface area (Å²) in [5.41, 5.74) is 5.41. The van der Waals surface area contributed by atoms with E-state index in [2.05, 4.69) is 58.5 Å². The molecule has 1 aliphatic rings. The molecule has 2 heterocycles. The first-order valence-corrected chi connectivity index (χ1v) is 7.74. The van der Waals surface area contributed by atoms with Crippen LogP contribution in [-0.2, 0) is 19.5 Å². The average molecular weight is 284 g/mol. The number of benzene rings is 1. The highest BCUT2D eigenvalue weighted by Gasteiger charge is 2.19. The van der Waals surface area contributed by atoms with E-state index in [0.717, 1.165) is 31.9 Å². The second-order valence-electron chi connectivity index (χ2n) is 5.99. The Balaban J connectivity index is 1.50. The first kappa shape index (κ1) is 14.3. The normalized spacial score (nSPS) is 16.7. The van der Waals surface area contributed by atoms with Gasteiger partial charge in [-0.2, -0.15) is 5.10 Å². The summed E-state index contributed by atoms with van der Waals surface area (Å²) in [6, 6.07) is 9.36. The van der Waals surface area contributed by atoms with Gasteiger partial charge in [-0.15, -0.1) is 0 Å². The molecule has 1 aliphatic heterocycles. The van der Waals surface area contributed by atoms with Crippen LogP contribution in [0, 0.1) is 6.92 Å². The van der Waals surface area contributed by atoms with Crippen molar-refractivity contribution < 1.29 is 0 Å². The molecule has 4 nitrogen and oxygen atoms in total. The molecule has 21 heavy (non-hydrogen) atoms. The van der Waals surface area contributed by atoms with Crippen molar-refractivity contribution in [1.29, 1.82) is 0 Å². The fourth-order valence-corrected chi connectivity index (χ4v) is 2.99. The van der Waals surface area contributed by atoms with Crippen LogP contribution in [0.4, 0.5) is 0 Å². The predicted octanol–water partition coefficient (Wildman–Crippen LogP) is 2.25. The van der Waals surface area contributed by atoms with Gasteiger partial charge in [0.1, 0.15) is 0 Å². The number of nitrogens with zero attached hydrogens (tertiary/aromatic N) is 2. The Kier molecular flexibility index (Phi) is 4.36. The number of aromatic nitrogens is 2. The van der Waals surface area contributed by atoms with Gasteiger partial charge in [0.15, 0.2) is 0 Å². The van der Waals surface area contributed by atoms with Crippen LogP contribution in [0.15, 0.2) is 30.5 Å². The van der Waals surface area contributed by atoms with E-state index < -0.39 is 0 Å². The van der Waals surface area contributed by atoms with E-state index in [4.69, 9.17) is 0 Å². The summed E-state index contributed by atoms with van der Waals surface area (Å²) in [7, 11) is 0. The van der Waals surface area contributed by atoms with Crippen molar-refractivity contribution in [1.82, 2.24) is 20.4 Å². The summed E-state index contributed by atoms with van der Waals surface area (Å²) in [6.45, 7) is 8.50. The van der Waals surface area contributed by atoms with Crippen molar-refractivity contribution in [3.63, 3.8) is 0 Å². The summed E-state index contributed by atoms with van der Waals surface area (Å²) in [5.74, 6) is 0. The molecule has 2 aromatic rings. The molecule has 0 unspecified atom stereocenters. The lowest BCUT2D eigenvalue weighted by atomic mass is 9.99. The highest BCUT2D eigenvalue weighted by Crippen LogP contribution is 2.19. The van der Waals surface area contributed by atoms with Gasteiger partial charge in [0, 0.05) is 43.5 Å². The van der Waals surface area contributed by atoms with Gasteiger partial charge < -0.3 is 5.32 Å². The van der Waals surface area contributed by atoms with Gasteiger partial charge in [0.2, 0.25) is 0 Å². The van der Waals surface area contributed by atoms with Crippen LogP contribution in [0.25, 0.3) is 0 Å². The van der Waals surface area contributed by atoms with E-state index in [9.17, 15) is 0 Å². The summed E-state index contributed by atoms with van der Waals surface area (Å²) >= 11 is 0. The van der Waals surface area contributed by atoms with Crippen LogP contribution in [0.1, 0.15) is 29.3 Å². The minimum atomic E-state index is 0.547. The molecule has 0 aliphatic carbocycles. The fourth-order valence-electron chi connectivity index (χ4n) is 2.99. The summed E-state index contributed by atoms with van der Waals surface area (Å²) in [4.78, 5) is 2.57. The van der Waals surface area contributed by atoms with Crippen LogP contribution >= 0.6 is 0 Å². The molecule has 0 radical (unpaired) electrons. The van der Waals surface area contributed by atoms with Gasteiger partial charge in [-0.1, -0.05) is 24.3 Å². The Morgan fingerprint density at radius 1 is 1.33 bits per heavy atom. The topological polar surface area (TPSA) is 44.0 Å². The number of H-pyrrole nitrogens is 1. The number of hydrogen-bond donors (Lipinski definition) is 2. The Bertz CT molecular complexity index is 590. The van der Waals surface area contributed by atoms with Crippen molar-refractivity contribution in [2.24, 2.45) is 0 Å². The zero-order valence-electron chi connectivity index (χ0n) is 12.9. The standard InChI is InChI=1S/C17H24N4/c1-13(9-18-10-17-11-19-20-14(17)2)21-8-7-15-5-3-4-6-16(15)12-21/h3-6,11,13,18H,7-10,12H2,1-2H3,(H,19,20)/t13-/m1/s1. The smallest absolute Gasteiger partial charge is 0.0535 e. The number of hydrogen-bond acceptors (Lipinski definition) is 3. The van der Waals surface area contributed by atoms with E-state index in [1.54, 1.807) is 0 Å². The highest BCUT2D eigenvalue weighted by molar-refractivity contribution is 5.29. The zero-order chi connectivity index (χ0) is 14.7. The zero-order valence-corrected chi connectivity index (χ0v) is 12.9. The first-order chi connectivity index (χ1) is 10.2. The maximum Gasteiger partial charge on any atom is 0.0535 e. The lowest BCUT2D eigenvalue weighted by molar-refractivity contribution is 0.186. The minimum Gasteiger partial charge on any atom is -0.311 e. The lowest BCUT2D eigenvalue weighted by Crippen LogP contribution is -2.42. The third-order valence-electron chi connectivity index (χ3n) is 4.47. The maximum absolute atomic E-state index is 4.06. The average Bonchev–Trinajstić information content (AvgIpc) is 2.92. The van der Waals surface area contributed by atoms with E-state index in [0.29, 0.717) is 6.04 Å². The fraction of sp³-hybridized carbons (Fsp3) is 0.471. The first-order valence-electron chi connectivity index (χ1n) is 7.74. The molecule has 1 aromatic carbocycles. The SMILES string of the molecule is Cc1[nH]ncc1CNC[C@@H](C)N1CCc2ccccc2C1. The molecule has 3 rings (SSSR count). The van der Waals surface area contributed by atoms with Crippen molar-refractivity contribution in [3.8, 4) is 0 Å². The largest absolute Gasteiger partial charge is 0.311 e. The highest BCUT2D eigenvalue weighted by atomic mass is 15.2. The number of aromatic amines is 1. The third-order valence-corrected chi connectivity index (χ3v) is 4.47. The van der Waals surface area contributed by atoms with Crippen LogP contribution in [0.3, 0.4) is 0 Å². The number of fused-ring (bicyclic) bond motifs is 1. The third kappa shape index (κ3) is 3.34. The molecule has 112 valence electrons. The number of nitrogens with one attached hydrogen (secondary N) is 2.